The molecule has 0 bridgehead atoms. The van der Waals surface area contributed by atoms with E-state index in [0.29, 0.717) is 30.1 Å². The quantitative estimate of drug-likeness (QED) is 0.505. The molecular weight excluding hydrogens is 410 g/mol. The first-order valence-electron chi connectivity index (χ1n) is 10.8. The van der Waals surface area contributed by atoms with Crippen molar-refractivity contribution in [2.45, 2.75) is 46.2 Å². The van der Waals surface area contributed by atoms with E-state index in [1.807, 2.05) is 39.0 Å². The molecule has 170 valence electrons. The summed E-state index contributed by atoms with van der Waals surface area (Å²) < 4.78 is 12.6. The van der Waals surface area contributed by atoms with Gasteiger partial charge in [-0.15, -0.1) is 0 Å². The Hall–Kier alpha value is -3.55. The summed E-state index contributed by atoms with van der Waals surface area (Å²) in [5.41, 5.74) is 0.00441. The molecule has 8 heteroatoms. The third-order valence-corrected chi connectivity index (χ3v) is 4.95. The Labute approximate surface area is 186 Å². The fourth-order valence-electron chi connectivity index (χ4n) is 3.32. The zero-order valence-electron chi connectivity index (χ0n) is 18.6. The smallest absolute Gasteiger partial charge is 0.273 e. The second-order valence-electron chi connectivity index (χ2n) is 7.57. The van der Waals surface area contributed by atoms with Gasteiger partial charge in [0.05, 0.1) is 30.0 Å². The zero-order chi connectivity index (χ0) is 23.1. The molecule has 1 heterocycles. The maximum Gasteiger partial charge on any atom is 0.273 e. The molecule has 1 unspecified atom stereocenters. The van der Waals surface area contributed by atoms with E-state index in [4.69, 9.17) is 9.47 Å². The van der Waals surface area contributed by atoms with Crippen molar-refractivity contribution in [2.24, 2.45) is 0 Å². The predicted molar refractivity (Wildman–Crippen MR) is 123 cm³/mol. The molecule has 3 rings (SSSR count). The maximum atomic E-state index is 12.6. The van der Waals surface area contributed by atoms with Crippen LogP contribution in [0.3, 0.4) is 0 Å². The van der Waals surface area contributed by atoms with Gasteiger partial charge in [-0.25, -0.2) is 4.68 Å². The summed E-state index contributed by atoms with van der Waals surface area (Å²) in [7, 11) is 0. The van der Waals surface area contributed by atoms with Crippen molar-refractivity contribution in [1.82, 2.24) is 15.1 Å². The molecule has 1 aromatic heterocycles. The highest BCUT2D eigenvalue weighted by Gasteiger charge is 2.15. The molecule has 1 amide bonds. The highest BCUT2D eigenvalue weighted by atomic mass is 16.5. The van der Waals surface area contributed by atoms with Gasteiger partial charge in [0.1, 0.15) is 6.54 Å². The number of amides is 1. The van der Waals surface area contributed by atoms with Crippen LogP contribution < -0.4 is 25.9 Å². The average Bonchev–Trinajstić information content (AvgIpc) is 2.79. The SMILES string of the molecule is CCCOc1ccc(C(C)NC(=O)Cn2[nH]c(=O)c3ccccc3c2=O)cc1OCCC. The molecule has 0 aliphatic heterocycles. The van der Waals surface area contributed by atoms with Gasteiger partial charge in [0.25, 0.3) is 11.1 Å². The summed E-state index contributed by atoms with van der Waals surface area (Å²) >= 11 is 0. The molecule has 0 radical (unpaired) electrons. The van der Waals surface area contributed by atoms with E-state index in [0.717, 1.165) is 23.1 Å². The predicted octanol–water partition coefficient (Wildman–Crippen LogP) is 3.14. The number of rotatable bonds is 10. The number of nitrogens with zero attached hydrogens (tertiary/aromatic N) is 1. The van der Waals surface area contributed by atoms with Crippen LogP contribution in [0.25, 0.3) is 10.8 Å². The summed E-state index contributed by atoms with van der Waals surface area (Å²) in [5, 5.41) is 5.92. The van der Waals surface area contributed by atoms with Crippen molar-refractivity contribution >= 4 is 16.7 Å². The lowest BCUT2D eigenvalue weighted by atomic mass is 10.1. The number of hydrogen-bond donors (Lipinski definition) is 2. The van der Waals surface area contributed by atoms with E-state index < -0.39 is 17.0 Å². The van der Waals surface area contributed by atoms with E-state index in [9.17, 15) is 14.4 Å². The van der Waals surface area contributed by atoms with Crippen LogP contribution in [0.15, 0.2) is 52.1 Å². The fraction of sp³-hybridized carbons (Fsp3) is 0.375. The summed E-state index contributed by atoms with van der Waals surface area (Å²) in [5.74, 6) is 0.907. The van der Waals surface area contributed by atoms with E-state index in [-0.39, 0.29) is 18.0 Å². The Morgan fingerprint density at radius 3 is 2.34 bits per heavy atom. The number of carbonyl (C=O) groups is 1. The zero-order valence-corrected chi connectivity index (χ0v) is 18.6. The van der Waals surface area contributed by atoms with Gasteiger partial charge in [-0.3, -0.25) is 19.5 Å². The molecule has 2 aromatic carbocycles. The summed E-state index contributed by atoms with van der Waals surface area (Å²) in [6.07, 6.45) is 1.75. The first kappa shape index (κ1) is 23.1. The first-order chi connectivity index (χ1) is 15.4. The topological polar surface area (TPSA) is 102 Å². The number of aromatic amines is 1. The van der Waals surface area contributed by atoms with Crippen LogP contribution in [-0.2, 0) is 11.3 Å². The standard InChI is InChI=1S/C24H29N3O5/c1-4-12-31-20-11-10-17(14-21(20)32-13-5-2)16(3)25-22(28)15-27-24(30)19-9-7-6-8-18(19)23(29)26-27/h6-11,14,16H,4-5,12-13,15H2,1-3H3,(H,25,28)(H,26,29). The van der Waals surface area contributed by atoms with Crippen molar-refractivity contribution in [2.75, 3.05) is 13.2 Å². The number of fused-ring (bicyclic) bond motifs is 1. The molecule has 2 N–H and O–H groups in total. The largest absolute Gasteiger partial charge is 0.490 e. The monoisotopic (exact) mass is 439 g/mol. The minimum Gasteiger partial charge on any atom is -0.490 e. The van der Waals surface area contributed by atoms with Crippen LogP contribution in [0.2, 0.25) is 0 Å². The Balaban J connectivity index is 1.75. The molecule has 32 heavy (non-hydrogen) atoms. The lowest BCUT2D eigenvalue weighted by molar-refractivity contribution is -0.122. The normalized spacial score (nSPS) is 11.8. The van der Waals surface area contributed by atoms with E-state index >= 15 is 0 Å². The molecule has 1 atom stereocenters. The summed E-state index contributed by atoms with van der Waals surface area (Å²) in [6.45, 7) is 6.76. The highest BCUT2D eigenvalue weighted by molar-refractivity contribution is 5.81. The molecule has 3 aromatic rings. The van der Waals surface area contributed by atoms with Gasteiger partial charge >= 0.3 is 0 Å². The molecule has 0 spiro atoms. The van der Waals surface area contributed by atoms with Gasteiger partial charge in [0.15, 0.2) is 11.5 Å². The number of H-pyrrole nitrogens is 1. The molecule has 0 fully saturated rings. The molecule has 0 aliphatic rings. The second kappa shape index (κ2) is 10.7. The van der Waals surface area contributed by atoms with Crippen molar-refractivity contribution in [3.05, 3.63) is 68.7 Å². The van der Waals surface area contributed by atoms with Crippen LogP contribution in [0.4, 0.5) is 0 Å². The van der Waals surface area contributed by atoms with Crippen LogP contribution in [0.5, 0.6) is 11.5 Å². The number of hydrogen-bond acceptors (Lipinski definition) is 5. The Morgan fingerprint density at radius 2 is 1.66 bits per heavy atom. The number of ether oxygens (including phenoxy) is 2. The molecule has 0 aliphatic carbocycles. The summed E-state index contributed by atoms with van der Waals surface area (Å²) in [6, 6.07) is 11.7. The number of benzene rings is 2. The van der Waals surface area contributed by atoms with Gasteiger partial charge in [0.2, 0.25) is 5.91 Å². The minimum absolute atomic E-state index is 0.275. The van der Waals surface area contributed by atoms with Gasteiger partial charge in [-0.05, 0) is 49.6 Å². The van der Waals surface area contributed by atoms with Crippen molar-refractivity contribution in [3.63, 3.8) is 0 Å². The van der Waals surface area contributed by atoms with Gasteiger partial charge in [-0.2, -0.15) is 0 Å². The van der Waals surface area contributed by atoms with Crippen molar-refractivity contribution < 1.29 is 14.3 Å². The van der Waals surface area contributed by atoms with Crippen molar-refractivity contribution in [3.8, 4) is 11.5 Å². The minimum atomic E-state index is -0.421. The fourth-order valence-corrected chi connectivity index (χ4v) is 3.32. The highest BCUT2D eigenvalue weighted by Crippen LogP contribution is 2.31. The molecule has 0 saturated carbocycles. The number of nitrogens with one attached hydrogen (secondary N) is 2. The molecule has 8 nitrogen and oxygen atoms in total. The maximum absolute atomic E-state index is 12.6. The Morgan fingerprint density at radius 1 is 1.00 bits per heavy atom. The van der Waals surface area contributed by atoms with Crippen LogP contribution in [-0.4, -0.2) is 28.9 Å². The lowest BCUT2D eigenvalue weighted by Crippen LogP contribution is -2.37. The number of carbonyl (C=O) groups excluding carboxylic acids is 1. The Bertz CT molecular complexity index is 1200. The lowest BCUT2D eigenvalue weighted by Gasteiger charge is -2.18. The molecule has 0 saturated heterocycles. The van der Waals surface area contributed by atoms with Crippen LogP contribution in [0, 0.1) is 0 Å². The number of aromatic nitrogens is 2. The van der Waals surface area contributed by atoms with Crippen LogP contribution in [0.1, 0.15) is 45.2 Å². The third-order valence-electron chi connectivity index (χ3n) is 4.95. The van der Waals surface area contributed by atoms with Gasteiger partial charge in [-0.1, -0.05) is 32.0 Å². The van der Waals surface area contributed by atoms with Crippen LogP contribution >= 0.6 is 0 Å². The van der Waals surface area contributed by atoms with E-state index in [1.54, 1.807) is 24.3 Å². The second-order valence-corrected chi connectivity index (χ2v) is 7.57. The molecular formula is C24H29N3O5. The average molecular weight is 440 g/mol. The van der Waals surface area contributed by atoms with Crippen molar-refractivity contribution in [1.29, 1.82) is 0 Å². The Kier molecular flexibility index (Phi) is 7.70. The van der Waals surface area contributed by atoms with Gasteiger partial charge < -0.3 is 14.8 Å². The van der Waals surface area contributed by atoms with E-state index in [1.165, 1.54) is 0 Å². The summed E-state index contributed by atoms with van der Waals surface area (Å²) in [4.78, 5) is 37.5. The van der Waals surface area contributed by atoms with E-state index in [2.05, 4.69) is 10.4 Å². The first-order valence-corrected chi connectivity index (χ1v) is 10.8. The third kappa shape index (κ3) is 5.38. The van der Waals surface area contributed by atoms with Gasteiger partial charge in [0, 0.05) is 0 Å².